The lowest BCUT2D eigenvalue weighted by Gasteiger charge is -2.37. The summed E-state index contributed by atoms with van der Waals surface area (Å²) < 4.78 is 39.2. The smallest absolute Gasteiger partial charge is 0.389 e. The molecule has 0 saturated carbocycles. The largest absolute Gasteiger partial charge is 0.435 e. The molecule has 0 atom stereocenters. The molecule has 0 unspecified atom stereocenters. The molecule has 2 heterocycles. The Hall–Kier alpha value is -1.08. The molecule has 2 rings (SSSR count). The van der Waals surface area contributed by atoms with E-state index in [0.29, 0.717) is 19.4 Å². The van der Waals surface area contributed by atoms with E-state index in [1.807, 2.05) is 13.8 Å². The van der Waals surface area contributed by atoms with Gasteiger partial charge >= 0.3 is 6.18 Å². The van der Waals surface area contributed by atoms with Crippen LogP contribution in [0, 0.1) is 0 Å². The van der Waals surface area contributed by atoms with Crippen LogP contribution in [-0.4, -0.2) is 45.0 Å². The van der Waals surface area contributed by atoms with E-state index in [2.05, 4.69) is 10.00 Å². The number of rotatable bonds is 5. The molecule has 1 N–H and O–H groups in total. The average molecular weight is 319 g/mol. The first-order chi connectivity index (χ1) is 10.3. The van der Waals surface area contributed by atoms with Gasteiger partial charge in [0.05, 0.1) is 11.6 Å². The lowest BCUT2D eigenvalue weighted by molar-refractivity contribution is -0.141. The SMILES string of the molecule is CCC(O)(CC)CN1CCC(n2ccc(C(F)(F)F)n2)CC1. The molecule has 0 radical (unpaired) electrons. The summed E-state index contributed by atoms with van der Waals surface area (Å²) in [6, 6.07) is 1.03. The average Bonchev–Trinajstić information content (AvgIpc) is 2.98. The van der Waals surface area contributed by atoms with Gasteiger partial charge in [0.25, 0.3) is 0 Å². The van der Waals surface area contributed by atoms with E-state index in [1.54, 1.807) is 0 Å². The van der Waals surface area contributed by atoms with E-state index in [4.69, 9.17) is 0 Å². The van der Waals surface area contributed by atoms with E-state index in [-0.39, 0.29) is 6.04 Å². The molecule has 4 nitrogen and oxygen atoms in total. The minimum Gasteiger partial charge on any atom is -0.389 e. The first kappa shape index (κ1) is 17.3. The number of piperidine rings is 1. The van der Waals surface area contributed by atoms with Crippen molar-refractivity contribution in [2.75, 3.05) is 19.6 Å². The summed E-state index contributed by atoms with van der Waals surface area (Å²) in [7, 11) is 0. The van der Waals surface area contributed by atoms with Crippen molar-refractivity contribution in [1.82, 2.24) is 14.7 Å². The molecule has 0 bridgehead atoms. The second-order valence-corrected chi connectivity index (χ2v) is 6.12. The van der Waals surface area contributed by atoms with Crippen molar-refractivity contribution < 1.29 is 18.3 Å². The Labute approximate surface area is 128 Å². The van der Waals surface area contributed by atoms with E-state index in [0.717, 1.165) is 32.0 Å². The predicted octanol–water partition coefficient (Wildman–Crippen LogP) is 3.09. The molecule has 0 aromatic carbocycles. The van der Waals surface area contributed by atoms with Crippen molar-refractivity contribution in [3.8, 4) is 0 Å². The van der Waals surface area contributed by atoms with Crippen molar-refractivity contribution in [3.63, 3.8) is 0 Å². The minimum atomic E-state index is -4.38. The highest BCUT2D eigenvalue weighted by Gasteiger charge is 2.35. The third-order valence-corrected chi connectivity index (χ3v) is 4.66. The summed E-state index contributed by atoms with van der Waals surface area (Å²) in [5, 5.41) is 14.0. The molecule has 126 valence electrons. The van der Waals surface area contributed by atoms with Gasteiger partial charge in [-0.05, 0) is 31.7 Å². The van der Waals surface area contributed by atoms with E-state index in [1.165, 1.54) is 10.9 Å². The Balaban J connectivity index is 1.91. The molecule has 1 fully saturated rings. The van der Waals surface area contributed by atoms with Crippen molar-refractivity contribution >= 4 is 0 Å². The fourth-order valence-corrected chi connectivity index (χ4v) is 2.92. The maximum Gasteiger partial charge on any atom is 0.435 e. The zero-order valence-electron chi connectivity index (χ0n) is 13.1. The van der Waals surface area contributed by atoms with Crippen LogP contribution in [0.1, 0.15) is 51.3 Å². The zero-order chi connectivity index (χ0) is 16.4. The highest BCUT2D eigenvalue weighted by molar-refractivity contribution is 5.04. The highest BCUT2D eigenvalue weighted by atomic mass is 19.4. The van der Waals surface area contributed by atoms with Gasteiger partial charge in [0.15, 0.2) is 5.69 Å². The first-order valence-electron chi connectivity index (χ1n) is 7.84. The number of nitrogens with zero attached hydrogens (tertiary/aromatic N) is 3. The third kappa shape index (κ3) is 4.01. The number of β-amino-alcohol motifs (C(OH)–C–C–N with tert-alkyl or cyclic N) is 1. The van der Waals surface area contributed by atoms with Gasteiger partial charge in [-0.15, -0.1) is 0 Å². The maximum atomic E-state index is 12.6. The van der Waals surface area contributed by atoms with Gasteiger partial charge in [-0.2, -0.15) is 18.3 Å². The fraction of sp³-hybridized carbons (Fsp3) is 0.800. The summed E-state index contributed by atoms with van der Waals surface area (Å²) in [4.78, 5) is 2.19. The topological polar surface area (TPSA) is 41.3 Å². The van der Waals surface area contributed by atoms with Crippen molar-refractivity contribution in [2.24, 2.45) is 0 Å². The number of likely N-dealkylation sites (tertiary alicyclic amines) is 1. The summed E-state index contributed by atoms with van der Waals surface area (Å²) in [6.45, 7) is 6.11. The number of halogens is 3. The molecule has 1 aromatic heterocycles. The Bertz CT molecular complexity index is 475. The van der Waals surface area contributed by atoms with Crippen LogP contribution in [0.25, 0.3) is 0 Å². The normalized spacial score (nSPS) is 18.8. The lowest BCUT2D eigenvalue weighted by atomic mass is 9.95. The first-order valence-corrected chi connectivity index (χ1v) is 7.84. The van der Waals surface area contributed by atoms with Crippen molar-refractivity contribution in [3.05, 3.63) is 18.0 Å². The second kappa shape index (κ2) is 6.58. The quantitative estimate of drug-likeness (QED) is 0.907. The molecule has 1 aliphatic rings. The second-order valence-electron chi connectivity index (χ2n) is 6.12. The van der Waals surface area contributed by atoms with Crippen LogP contribution in [0.4, 0.5) is 13.2 Å². The highest BCUT2D eigenvalue weighted by Crippen LogP contribution is 2.30. The number of hydrogen-bond donors (Lipinski definition) is 1. The van der Waals surface area contributed by atoms with Gasteiger partial charge in [0.2, 0.25) is 0 Å². The van der Waals surface area contributed by atoms with Crippen LogP contribution in [0.5, 0.6) is 0 Å². The Morgan fingerprint density at radius 3 is 2.27 bits per heavy atom. The molecular weight excluding hydrogens is 295 g/mol. The molecule has 0 aliphatic carbocycles. The number of alkyl halides is 3. The van der Waals surface area contributed by atoms with Crippen LogP contribution in [0.3, 0.4) is 0 Å². The summed E-state index contributed by atoms with van der Waals surface area (Å²) in [5.41, 5.74) is -1.50. The molecular formula is C15H24F3N3O. The van der Waals surface area contributed by atoms with Crippen LogP contribution < -0.4 is 0 Å². The van der Waals surface area contributed by atoms with Crippen molar-refractivity contribution in [2.45, 2.75) is 57.3 Å². The number of aromatic nitrogens is 2. The maximum absolute atomic E-state index is 12.6. The van der Waals surface area contributed by atoms with Gasteiger partial charge in [-0.3, -0.25) is 4.68 Å². The molecule has 1 saturated heterocycles. The molecule has 0 spiro atoms. The van der Waals surface area contributed by atoms with Gasteiger partial charge in [0.1, 0.15) is 0 Å². The molecule has 22 heavy (non-hydrogen) atoms. The molecule has 1 aromatic rings. The Kier molecular flexibility index (Phi) is 5.17. The van der Waals surface area contributed by atoms with Gasteiger partial charge in [-0.1, -0.05) is 13.8 Å². The lowest BCUT2D eigenvalue weighted by Crippen LogP contribution is -2.45. The summed E-state index contributed by atoms with van der Waals surface area (Å²) >= 11 is 0. The van der Waals surface area contributed by atoms with Crippen molar-refractivity contribution in [1.29, 1.82) is 0 Å². The molecule has 1 aliphatic heterocycles. The number of aliphatic hydroxyl groups is 1. The zero-order valence-corrected chi connectivity index (χ0v) is 13.1. The molecule has 0 amide bonds. The number of hydrogen-bond acceptors (Lipinski definition) is 3. The predicted molar refractivity (Wildman–Crippen MR) is 77.5 cm³/mol. The van der Waals surface area contributed by atoms with Crippen LogP contribution in [0.15, 0.2) is 12.3 Å². The Morgan fingerprint density at radius 2 is 1.82 bits per heavy atom. The van der Waals surface area contributed by atoms with Crippen LogP contribution in [0.2, 0.25) is 0 Å². The fourth-order valence-electron chi connectivity index (χ4n) is 2.92. The third-order valence-electron chi connectivity index (χ3n) is 4.66. The summed E-state index contributed by atoms with van der Waals surface area (Å²) in [5.74, 6) is 0. The van der Waals surface area contributed by atoms with Gasteiger partial charge in [-0.25, -0.2) is 0 Å². The van der Waals surface area contributed by atoms with Gasteiger partial charge < -0.3 is 10.0 Å². The van der Waals surface area contributed by atoms with E-state index in [9.17, 15) is 18.3 Å². The van der Waals surface area contributed by atoms with E-state index < -0.39 is 17.5 Å². The van der Waals surface area contributed by atoms with E-state index >= 15 is 0 Å². The van der Waals surface area contributed by atoms with Crippen LogP contribution >= 0.6 is 0 Å². The monoisotopic (exact) mass is 319 g/mol. The molecule has 7 heteroatoms. The summed E-state index contributed by atoms with van der Waals surface area (Å²) in [6.07, 6.45) is -0.0533. The standard InChI is InChI=1S/C15H24F3N3O/c1-3-14(22,4-2)11-20-8-5-12(6-9-20)21-10-7-13(19-21)15(16,17)18/h7,10,12,22H,3-6,8-9,11H2,1-2H3. The van der Waals surface area contributed by atoms with Crippen LogP contribution in [-0.2, 0) is 6.18 Å². The Morgan fingerprint density at radius 1 is 1.23 bits per heavy atom. The van der Waals surface area contributed by atoms with Gasteiger partial charge in [0, 0.05) is 25.8 Å². The minimum absolute atomic E-state index is 0.00342.